The minimum atomic E-state index is -3.28. The quantitative estimate of drug-likeness (QED) is 0.755. The van der Waals surface area contributed by atoms with E-state index < -0.39 is 14.8 Å². The number of hydrogen-bond donors (Lipinski definition) is 1. The number of nitrogens with one attached hydrogen (secondary N) is 1. The molecule has 3 fully saturated rings. The first-order valence-corrected chi connectivity index (χ1v) is 7.69. The molecule has 0 spiro atoms. The van der Waals surface area contributed by atoms with Gasteiger partial charge in [0.2, 0.25) is 10.0 Å². The Morgan fingerprint density at radius 2 is 2.00 bits per heavy atom. The number of fused-ring (bicyclic) bond motifs is 1. The Kier molecular flexibility index (Phi) is 2.40. The van der Waals surface area contributed by atoms with Crippen molar-refractivity contribution in [3.8, 4) is 0 Å². The SMILES string of the molecule is CC(C)(C)S(=O)(=O)NC1C2CN3CCC(O2)C13. The normalized spacial score (nSPS) is 41.4. The van der Waals surface area contributed by atoms with Gasteiger partial charge in [-0.05, 0) is 27.2 Å². The van der Waals surface area contributed by atoms with Crippen molar-refractivity contribution in [2.24, 2.45) is 0 Å². The summed E-state index contributed by atoms with van der Waals surface area (Å²) in [6.07, 6.45) is 1.32. The van der Waals surface area contributed by atoms with Crippen molar-refractivity contribution in [2.45, 2.75) is 56.2 Å². The zero-order chi connectivity index (χ0) is 12.4. The molecule has 3 rings (SSSR count). The van der Waals surface area contributed by atoms with E-state index in [1.807, 2.05) is 0 Å². The van der Waals surface area contributed by atoms with Crippen LogP contribution in [0.5, 0.6) is 0 Å². The lowest BCUT2D eigenvalue weighted by Gasteiger charge is -2.25. The maximum atomic E-state index is 12.2. The predicted molar refractivity (Wildman–Crippen MR) is 64.2 cm³/mol. The van der Waals surface area contributed by atoms with E-state index in [9.17, 15) is 8.42 Å². The van der Waals surface area contributed by atoms with Gasteiger partial charge in [0, 0.05) is 13.1 Å². The van der Waals surface area contributed by atoms with Gasteiger partial charge >= 0.3 is 0 Å². The second-order valence-electron chi connectivity index (χ2n) is 6.25. The van der Waals surface area contributed by atoms with Crippen molar-refractivity contribution >= 4 is 10.0 Å². The van der Waals surface area contributed by atoms with Crippen molar-refractivity contribution in [1.82, 2.24) is 9.62 Å². The summed E-state index contributed by atoms with van der Waals surface area (Å²) in [6, 6.07) is 0.212. The summed E-state index contributed by atoms with van der Waals surface area (Å²) in [5.41, 5.74) is 0. The topological polar surface area (TPSA) is 58.6 Å². The number of ether oxygens (including phenoxy) is 1. The Hall–Kier alpha value is -0.170. The van der Waals surface area contributed by atoms with Crippen molar-refractivity contribution in [3.63, 3.8) is 0 Å². The highest BCUT2D eigenvalue weighted by Gasteiger charge is 2.58. The number of nitrogens with zero attached hydrogens (tertiary/aromatic N) is 1. The van der Waals surface area contributed by atoms with Crippen LogP contribution in [0.2, 0.25) is 0 Å². The zero-order valence-corrected chi connectivity index (χ0v) is 11.3. The molecule has 0 aliphatic carbocycles. The molecule has 3 heterocycles. The van der Waals surface area contributed by atoms with Crippen LogP contribution in [0.25, 0.3) is 0 Å². The minimum Gasteiger partial charge on any atom is -0.370 e. The maximum Gasteiger partial charge on any atom is 0.216 e. The Labute approximate surface area is 103 Å². The fourth-order valence-corrected chi connectivity index (χ4v) is 4.09. The molecule has 0 saturated carbocycles. The molecule has 3 aliphatic heterocycles. The molecule has 0 amide bonds. The van der Waals surface area contributed by atoms with E-state index in [2.05, 4.69) is 9.62 Å². The van der Waals surface area contributed by atoms with Crippen molar-refractivity contribution in [2.75, 3.05) is 13.1 Å². The van der Waals surface area contributed by atoms with Gasteiger partial charge in [0.1, 0.15) is 0 Å². The summed E-state index contributed by atoms with van der Waals surface area (Å²) >= 11 is 0. The molecule has 3 aliphatic rings. The summed E-state index contributed by atoms with van der Waals surface area (Å²) < 4.78 is 32.3. The lowest BCUT2D eigenvalue weighted by atomic mass is 10.1. The smallest absolute Gasteiger partial charge is 0.216 e. The molecule has 0 aromatic carbocycles. The average molecular weight is 260 g/mol. The third-order valence-corrected chi connectivity index (χ3v) is 6.33. The van der Waals surface area contributed by atoms with Crippen molar-refractivity contribution in [1.29, 1.82) is 0 Å². The van der Waals surface area contributed by atoms with Gasteiger partial charge in [0.15, 0.2) is 0 Å². The van der Waals surface area contributed by atoms with Crippen LogP contribution < -0.4 is 4.72 Å². The second-order valence-corrected chi connectivity index (χ2v) is 8.71. The first kappa shape index (κ1) is 11.9. The fraction of sp³-hybridized carbons (Fsp3) is 1.00. The summed E-state index contributed by atoms with van der Waals surface area (Å²) in [5.74, 6) is 0. The molecule has 98 valence electrons. The van der Waals surface area contributed by atoms with Gasteiger partial charge in [-0.1, -0.05) is 0 Å². The van der Waals surface area contributed by atoms with Gasteiger partial charge in [-0.25, -0.2) is 13.1 Å². The fourth-order valence-electron chi connectivity index (χ4n) is 3.09. The van der Waals surface area contributed by atoms with Crippen molar-refractivity contribution in [3.05, 3.63) is 0 Å². The monoisotopic (exact) mass is 260 g/mol. The molecule has 0 aromatic heterocycles. The Morgan fingerprint density at radius 1 is 1.29 bits per heavy atom. The highest BCUT2D eigenvalue weighted by atomic mass is 32.2. The summed E-state index contributed by atoms with van der Waals surface area (Å²) in [6.45, 7) is 7.09. The van der Waals surface area contributed by atoms with Crippen LogP contribution >= 0.6 is 0 Å². The number of hydrogen-bond acceptors (Lipinski definition) is 4. The highest BCUT2D eigenvalue weighted by Crippen LogP contribution is 2.40. The first-order valence-electron chi connectivity index (χ1n) is 6.21. The van der Waals surface area contributed by atoms with Crippen LogP contribution in [-0.2, 0) is 14.8 Å². The van der Waals surface area contributed by atoms with Crippen LogP contribution in [0.15, 0.2) is 0 Å². The Balaban J connectivity index is 1.81. The highest BCUT2D eigenvalue weighted by molar-refractivity contribution is 7.90. The van der Waals surface area contributed by atoms with Gasteiger partial charge in [-0.15, -0.1) is 0 Å². The molecule has 2 bridgehead atoms. The van der Waals surface area contributed by atoms with Gasteiger partial charge in [-0.2, -0.15) is 0 Å². The third kappa shape index (κ3) is 1.65. The molecule has 0 aromatic rings. The minimum absolute atomic E-state index is 0.0459. The number of rotatable bonds is 2. The largest absolute Gasteiger partial charge is 0.370 e. The molecule has 4 unspecified atom stereocenters. The number of sulfonamides is 1. The molecular weight excluding hydrogens is 240 g/mol. The number of morpholine rings is 1. The van der Waals surface area contributed by atoms with E-state index in [4.69, 9.17) is 4.74 Å². The molecule has 6 heteroatoms. The predicted octanol–water partition coefficient (Wildman–Crippen LogP) is -0.0718. The summed E-state index contributed by atoms with van der Waals surface area (Å²) in [7, 11) is -3.28. The van der Waals surface area contributed by atoms with Crippen LogP contribution in [-0.4, -0.2) is 55.4 Å². The van der Waals surface area contributed by atoms with Gasteiger partial charge < -0.3 is 4.74 Å². The van der Waals surface area contributed by atoms with E-state index in [-0.39, 0.29) is 24.3 Å². The molecule has 3 saturated heterocycles. The molecule has 5 nitrogen and oxygen atoms in total. The summed E-state index contributed by atoms with van der Waals surface area (Å²) in [5, 5.41) is 0. The summed E-state index contributed by atoms with van der Waals surface area (Å²) in [4.78, 5) is 2.36. The maximum absolute atomic E-state index is 12.2. The lowest BCUT2D eigenvalue weighted by Crippen LogP contribution is -2.50. The molecule has 4 atom stereocenters. The van der Waals surface area contributed by atoms with E-state index in [0.29, 0.717) is 0 Å². The van der Waals surface area contributed by atoms with Gasteiger partial charge in [0.25, 0.3) is 0 Å². The van der Waals surface area contributed by atoms with Crippen LogP contribution in [0.3, 0.4) is 0 Å². The van der Waals surface area contributed by atoms with E-state index in [1.54, 1.807) is 20.8 Å². The van der Waals surface area contributed by atoms with Crippen LogP contribution in [0.4, 0.5) is 0 Å². The van der Waals surface area contributed by atoms with Gasteiger partial charge in [-0.3, -0.25) is 4.90 Å². The molecule has 0 radical (unpaired) electrons. The van der Waals surface area contributed by atoms with Crippen molar-refractivity contribution < 1.29 is 13.2 Å². The second kappa shape index (κ2) is 3.44. The van der Waals surface area contributed by atoms with E-state index in [0.717, 1.165) is 19.5 Å². The third-order valence-electron chi connectivity index (χ3n) is 4.13. The Bertz CT molecular complexity index is 414. The van der Waals surface area contributed by atoms with E-state index in [1.165, 1.54) is 0 Å². The standard InChI is InChI=1S/C11H20N2O3S/c1-11(2,3)17(14,15)12-9-8-6-13-5-4-7(16-8)10(9)13/h7-10,12H,4-6H2,1-3H3. The van der Waals surface area contributed by atoms with Crippen LogP contribution in [0, 0.1) is 0 Å². The average Bonchev–Trinajstić information content (AvgIpc) is 2.72. The molecular formula is C11H20N2O3S. The van der Waals surface area contributed by atoms with Crippen LogP contribution in [0.1, 0.15) is 27.2 Å². The lowest BCUT2D eigenvalue weighted by molar-refractivity contribution is 0.00857. The Morgan fingerprint density at radius 3 is 2.59 bits per heavy atom. The first-order chi connectivity index (χ1) is 7.79. The van der Waals surface area contributed by atoms with Gasteiger partial charge in [0.05, 0.1) is 29.0 Å². The molecule has 17 heavy (non-hydrogen) atoms. The van der Waals surface area contributed by atoms with E-state index >= 15 is 0 Å². The zero-order valence-electron chi connectivity index (χ0n) is 10.5. The molecule has 1 N–H and O–H groups in total.